The summed E-state index contributed by atoms with van der Waals surface area (Å²) in [6.45, 7) is 3.91. The Morgan fingerprint density at radius 1 is 1.23 bits per heavy atom. The van der Waals surface area contributed by atoms with E-state index in [2.05, 4.69) is 4.99 Å². The third-order valence-electron chi connectivity index (χ3n) is 2.04. The Morgan fingerprint density at radius 2 is 1.85 bits per heavy atom. The number of hydrogen-bond donors (Lipinski definition) is 0. The van der Waals surface area contributed by atoms with Gasteiger partial charge in [0.25, 0.3) is 0 Å². The van der Waals surface area contributed by atoms with Crippen LogP contribution < -0.4 is 0 Å². The van der Waals surface area contributed by atoms with Crippen LogP contribution in [0.4, 0.5) is 13.2 Å². The molecular formula is C9H12F3N. The molecule has 1 nitrogen and oxygen atoms in total. The highest BCUT2D eigenvalue weighted by molar-refractivity contribution is 5.65. The molecule has 0 N–H and O–H groups in total. The lowest BCUT2D eigenvalue weighted by atomic mass is 9.94. The number of alkyl halides is 3. The number of aliphatic imine (C=N–C) groups is 1. The second-order valence-electron chi connectivity index (χ2n) is 3.49. The molecule has 0 fully saturated rings. The van der Waals surface area contributed by atoms with Crippen molar-refractivity contribution < 1.29 is 13.2 Å². The van der Waals surface area contributed by atoms with Gasteiger partial charge in [-0.25, -0.2) is 0 Å². The van der Waals surface area contributed by atoms with Crippen molar-refractivity contribution in [3.63, 3.8) is 0 Å². The van der Waals surface area contributed by atoms with Gasteiger partial charge >= 0.3 is 6.18 Å². The highest BCUT2D eigenvalue weighted by Gasteiger charge is 2.38. The van der Waals surface area contributed by atoms with Gasteiger partial charge < -0.3 is 0 Å². The molecule has 0 spiro atoms. The maximum absolute atomic E-state index is 12.1. The summed E-state index contributed by atoms with van der Waals surface area (Å²) in [4.78, 5) is 3.47. The third kappa shape index (κ3) is 2.57. The van der Waals surface area contributed by atoms with E-state index in [9.17, 15) is 13.2 Å². The van der Waals surface area contributed by atoms with Gasteiger partial charge in [-0.05, 0) is 5.92 Å². The minimum Gasteiger partial charge on any atom is -0.280 e. The number of nitrogens with zero attached hydrogens (tertiary/aromatic N) is 1. The molecule has 0 aromatic carbocycles. The van der Waals surface area contributed by atoms with E-state index < -0.39 is 12.2 Å². The van der Waals surface area contributed by atoms with Crippen molar-refractivity contribution in [2.45, 2.75) is 26.1 Å². The van der Waals surface area contributed by atoms with Crippen LogP contribution in [0.5, 0.6) is 0 Å². The van der Waals surface area contributed by atoms with Crippen LogP contribution in [0.25, 0.3) is 0 Å². The van der Waals surface area contributed by atoms with Gasteiger partial charge in [0.1, 0.15) is 0 Å². The van der Waals surface area contributed by atoms with E-state index in [4.69, 9.17) is 0 Å². The summed E-state index contributed by atoms with van der Waals surface area (Å²) < 4.78 is 36.3. The number of halogens is 3. The first-order valence-corrected chi connectivity index (χ1v) is 4.19. The largest absolute Gasteiger partial charge is 0.414 e. The van der Waals surface area contributed by atoms with Crippen LogP contribution in [-0.4, -0.2) is 18.4 Å². The van der Waals surface area contributed by atoms with Gasteiger partial charge in [-0.2, -0.15) is 13.2 Å². The fourth-order valence-electron chi connectivity index (χ4n) is 1.11. The molecule has 0 aromatic heterocycles. The summed E-state index contributed by atoms with van der Waals surface area (Å²) in [7, 11) is 0. The van der Waals surface area contributed by atoms with E-state index >= 15 is 0 Å². The van der Waals surface area contributed by atoms with E-state index in [1.165, 1.54) is 6.21 Å². The monoisotopic (exact) mass is 191 g/mol. The van der Waals surface area contributed by atoms with E-state index in [-0.39, 0.29) is 5.92 Å². The van der Waals surface area contributed by atoms with Gasteiger partial charge in [-0.1, -0.05) is 26.0 Å². The molecule has 0 saturated carbocycles. The van der Waals surface area contributed by atoms with Crippen molar-refractivity contribution in [1.82, 2.24) is 0 Å². The molecule has 1 aliphatic heterocycles. The molecule has 0 saturated heterocycles. The Balaban J connectivity index is 2.64. The average Bonchev–Trinajstić information content (AvgIpc) is 2.03. The quantitative estimate of drug-likeness (QED) is 0.565. The Bertz CT molecular complexity index is 214. The number of allylic oxidation sites excluding steroid dienone is 1. The summed E-state index contributed by atoms with van der Waals surface area (Å²) in [5.74, 6) is 0.341. The van der Waals surface area contributed by atoms with Gasteiger partial charge in [0.2, 0.25) is 0 Å². The summed E-state index contributed by atoms with van der Waals surface area (Å²) in [6, 6.07) is -1.64. The van der Waals surface area contributed by atoms with Crippen LogP contribution in [0, 0.1) is 11.8 Å². The maximum atomic E-state index is 12.1. The van der Waals surface area contributed by atoms with E-state index in [0.29, 0.717) is 5.92 Å². The molecule has 1 rings (SSSR count). The topological polar surface area (TPSA) is 12.4 Å². The lowest BCUT2D eigenvalue weighted by Crippen LogP contribution is -2.28. The Hall–Kier alpha value is -0.800. The zero-order valence-electron chi connectivity index (χ0n) is 7.55. The fraction of sp³-hybridized carbons (Fsp3) is 0.667. The lowest BCUT2D eigenvalue weighted by molar-refractivity contribution is -0.136. The SMILES string of the molecule is CC(C)C1C=CC(C(F)(F)F)N=C1. The average molecular weight is 191 g/mol. The van der Waals surface area contributed by atoms with Gasteiger partial charge in [0.15, 0.2) is 6.04 Å². The minimum absolute atomic E-state index is 0.0404. The first kappa shape index (κ1) is 10.3. The maximum Gasteiger partial charge on any atom is 0.414 e. The second kappa shape index (κ2) is 3.52. The van der Waals surface area contributed by atoms with Crippen molar-refractivity contribution >= 4 is 6.21 Å². The summed E-state index contributed by atoms with van der Waals surface area (Å²) in [6.07, 6.45) is -0.141. The first-order valence-electron chi connectivity index (χ1n) is 4.19. The molecule has 0 bridgehead atoms. The lowest BCUT2D eigenvalue weighted by Gasteiger charge is -2.20. The molecule has 4 heteroatoms. The van der Waals surface area contributed by atoms with Gasteiger partial charge in [-0.15, -0.1) is 0 Å². The van der Waals surface area contributed by atoms with Gasteiger partial charge in [-0.3, -0.25) is 4.99 Å². The fourth-order valence-corrected chi connectivity index (χ4v) is 1.11. The van der Waals surface area contributed by atoms with Crippen LogP contribution in [0.15, 0.2) is 17.1 Å². The molecule has 0 amide bonds. The van der Waals surface area contributed by atoms with Crippen molar-refractivity contribution in [2.24, 2.45) is 16.8 Å². The molecule has 0 aliphatic carbocycles. The third-order valence-corrected chi connectivity index (χ3v) is 2.04. The molecule has 74 valence electrons. The van der Waals surface area contributed by atoms with Crippen LogP contribution in [0.1, 0.15) is 13.8 Å². The van der Waals surface area contributed by atoms with E-state index in [1.54, 1.807) is 6.08 Å². The second-order valence-corrected chi connectivity index (χ2v) is 3.49. The Kier molecular flexibility index (Phi) is 2.78. The normalized spacial score (nSPS) is 28.5. The molecule has 13 heavy (non-hydrogen) atoms. The summed E-state index contributed by atoms with van der Waals surface area (Å²) in [5.41, 5.74) is 0. The predicted molar refractivity (Wildman–Crippen MR) is 45.8 cm³/mol. The van der Waals surface area contributed by atoms with Gasteiger partial charge in [0, 0.05) is 12.1 Å². The van der Waals surface area contributed by atoms with Crippen LogP contribution >= 0.6 is 0 Å². The number of hydrogen-bond acceptors (Lipinski definition) is 1. The molecule has 1 aliphatic rings. The first-order chi connectivity index (χ1) is 5.91. The smallest absolute Gasteiger partial charge is 0.280 e. The zero-order valence-corrected chi connectivity index (χ0v) is 7.55. The van der Waals surface area contributed by atoms with Crippen molar-refractivity contribution in [1.29, 1.82) is 0 Å². The van der Waals surface area contributed by atoms with Crippen molar-refractivity contribution in [2.75, 3.05) is 0 Å². The van der Waals surface area contributed by atoms with E-state index in [0.717, 1.165) is 6.08 Å². The highest BCUT2D eigenvalue weighted by atomic mass is 19.4. The van der Waals surface area contributed by atoms with Gasteiger partial charge in [0.05, 0.1) is 0 Å². The number of dihydropyridines is 1. The Labute approximate surface area is 75.4 Å². The molecular weight excluding hydrogens is 179 g/mol. The molecule has 0 radical (unpaired) electrons. The van der Waals surface area contributed by atoms with Crippen LogP contribution in [0.3, 0.4) is 0 Å². The summed E-state index contributed by atoms with van der Waals surface area (Å²) in [5, 5.41) is 0. The summed E-state index contributed by atoms with van der Waals surface area (Å²) >= 11 is 0. The molecule has 2 unspecified atom stereocenters. The van der Waals surface area contributed by atoms with Crippen LogP contribution in [0.2, 0.25) is 0 Å². The van der Waals surface area contributed by atoms with Crippen molar-refractivity contribution in [3.8, 4) is 0 Å². The minimum atomic E-state index is -4.24. The Morgan fingerprint density at radius 3 is 2.15 bits per heavy atom. The zero-order chi connectivity index (χ0) is 10.1. The molecule has 2 atom stereocenters. The standard InChI is InChI=1S/C9H12F3N/c1-6(2)7-3-4-8(13-5-7)9(10,11)12/h3-8H,1-2H3. The van der Waals surface area contributed by atoms with Crippen LogP contribution in [-0.2, 0) is 0 Å². The van der Waals surface area contributed by atoms with Crippen molar-refractivity contribution in [3.05, 3.63) is 12.2 Å². The molecule has 1 heterocycles. The molecule has 0 aromatic rings. The number of rotatable bonds is 1. The van der Waals surface area contributed by atoms with E-state index in [1.807, 2.05) is 13.8 Å². The predicted octanol–water partition coefficient (Wildman–Crippen LogP) is 2.83. The highest BCUT2D eigenvalue weighted by Crippen LogP contribution is 2.27.